The van der Waals surface area contributed by atoms with Crippen LogP contribution in [0.5, 0.6) is 0 Å². The van der Waals surface area contributed by atoms with Crippen molar-refractivity contribution in [3.63, 3.8) is 0 Å². The molecule has 0 atom stereocenters. The first-order valence-electron chi connectivity index (χ1n) is 5.56. The van der Waals surface area contributed by atoms with Gasteiger partial charge in [-0.25, -0.2) is 17.7 Å². The van der Waals surface area contributed by atoms with Crippen LogP contribution in [-0.2, 0) is 10.0 Å². The maximum Gasteiger partial charge on any atom is 0.242 e. The second-order valence-corrected chi connectivity index (χ2v) is 6.28. The zero-order chi connectivity index (χ0) is 12.9. The van der Waals surface area contributed by atoms with E-state index >= 15 is 0 Å². The van der Waals surface area contributed by atoms with Crippen molar-refractivity contribution in [1.82, 2.24) is 9.29 Å². The normalized spacial score (nSPS) is 12.0. The number of hydrogen-bond donors (Lipinski definition) is 0. The Labute approximate surface area is 108 Å². The molecular formula is C11H17ClN2O2S. The molecule has 4 nitrogen and oxygen atoms in total. The Morgan fingerprint density at radius 2 is 2.12 bits per heavy atom. The van der Waals surface area contributed by atoms with Crippen molar-refractivity contribution >= 4 is 21.6 Å². The molecule has 0 spiro atoms. The van der Waals surface area contributed by atoms with Crippen LogP contribution < -0.4 is 0 Å². The lowest BCUT2D eigenvalue weighted by atomic mass is 10.2. The van der Waals surface area contributed by atoms with Gasteiger partial charge in [-0.15, -0.1) is 0 Å². The van der Waals surface area contributed by atoms with Gasteiger partial charge in [-0.1, -0.05) is 31.4 Å². The molecule has 0 aliphatic carbocycles. The van der Waals surface area contributed by atoms with E-state index in [0.717, 1.165) is 19.3 Å². The van der Waals surface area contributed by atoms with Gasteiger partial charge >= 0.3 is 0 Å². The Bertz CT molecular complexity index is 462. The van der Waals surface area contributed by atoms with Crippen molar-refractivity contribution < 1.29 is 8.42 Å². The Hall–Kier alpha value is -0.650. The fourth-order valence-corrected chi connectivity index (χ4v) is 2.89. The van der Waals surface area contributed by atoms with Crippen LogP contribution in [0, 0.1) is 0 Å². The van der Waals surface area contributed by atoms with E-state index in [0.29, 0.717) is 6.54 Å². The van der Waals surface area contributed by atoms with Crippen molar-refractivity contribution in [3.8, 4) is 0 Å². The van der Waals surface area contributed by atoms with Gasteiger partial charge in [-0.2, -0.15) is 0 Å². The predicted molar refractivity (Wildman–Crippen MR) is 68.6 cm³/mol. The summed E-state index contributed by atoms with van der Waals surface area (Å²) in [6, 6.07) is 2.82. The molecule has 0 fully saturated rings. The number of aromatic nitrogens is 1. The number of pyridine rings is 1. The van der Waals surface area contributed by atoms with Gasteiger partial charge < -0.3 is 0 Å². The lowest BCUT2D eigenvalue weighted by Crippen LogP contribution is -2.28. The van der Waals surface area contributed by atoms with Gasteiger partial charge in [0.2, 0.25) is 10.0 Å². The van der Waals surface area contributed by atoms with Crippen molar-refractivity contribution in [3.05, 3.63) is 23.5 Å². The summed E-state index contributed by atoms with van der Waals surface area (Å²) in [5.74, 6) is 0. The average Bonchev–Trinajstić information content (AvgIpc) is 2.29. The molecule has 1 heterocycles. The van der Waals surface area contributed by atoms with Gasteiger partial charge in [-0.3, -0.25) is 0 Å². The topological polar surface area (TPSA) is 50.3 Å². The van der Waals surface area contributed by atoms with Gasteiger partial charge in [0, 0.05) is 19.8 Å². The molecule has 1 rings (SSSR count). The number of halogens is 1. The van der Waals surface area contributed by atoms with E-state index in [4.69, 9.17) is 11.6 Å². The van der Waals surface area contributed by atoms with Crippen molar-refractivity contribution in [1.29, 1.82) is 0 Å². The summed E-state index contributed by atoms with van der Waals surface area (Å²) in [6.45, 7) is 2.60. The molecule has 0 N–H and O–H groups in total. The molecule has 0 aromatic carbocycles. The second-order valence-electron chi connectivity index (χ2n) is 3.85. The highest BCUT2D eigenvalue weighted by Crippen LogP contribution is 2.17. The Balaban J connectivity index is 2.80. The quantitative estimate of drug-likeness (QED) is 0.593. The molecule has 0 amide bonds. The van der Waals surface area contributed by atoms with E-state index < -0.39 is 10.0 Å². The van der Waals surface area contributed by atoms with E-state index in [1.54, 1.807) is 7.05 Å². The number of rotatable bonds is 6. The predicted octanol–water partition coefficient (Wildman–Crippen LogP) is 2.55. The molecule has 17 heavy (non-hydrogen) atoms. The van der Waals surface area contributed by atoms with E-state index in [1.807, 2.05) is 0 Å². The zero-order valence-corrected chi connectivity index (χ0v) is 11.6. The molecule has 96 valence electrons. The Morgan fingerprint density at radius 3 is 2.71 bits per heavy atom. The molecule has 0 bridgehead atoms. The average molecular weight is 277 g/mol. The fourth-order valence-electron chi connectivity index (χ4n) is 1.43. The van der Waals surface area contributed by atoms with Crippen LogP contribution >= 0.6 is 11.6 Å². The Morgan fingerprint density at radius 1 is 1.41 bits per heavy atom. The number of unbranched alkanes of at least 4 members (excludes halogenated alkanes) is 2. The summed E-state index contributed by atoms with van der Waals surface area (Å²) in [6.07, 6.45) is 4.35. The third kappa shape index (κ3) is 3.94. The van der Waals surface area contributed by atoms with Crippen LogP contribution in [-0.4, -0.2) is 31.3 Å². The molecule has 0 aliphatic rings. The summed E-state index contributed by atoms with van der Waals surface area (Å²) in [7, 11) is -1.85. The summed E-state index contributed by atoms with van der Waals surface area (Å²) in [4.78, 5) is 3.96. The van der Waals surface area contributed by atoms with Gasteiger partial charge in [0.15, 0.2) is 0 Å². The van der Waals surface area contributed by atoms with Crippen LogP contribution in [0.4, 0.5) is 0 Å². The number of hydrogen-bond acceptors (Lipinski definition) is 3. The molecule has 6 heteroatoms. The van der Waals surface area contributed by atoms with Crippen LogP contribution in [0.15, 0.2) is 23.2 Å². The summed E-state index contributed by atoms with van der Waals surface area (Å²) in [5, 5.41) is 0.188. The first kappa shape index (κ1) is 14.4. The Kier molecular flexibility index (Phi) is 5.36. The molecule has 0 aliphatic heterocycles. The van der Waals surface area contributed by atoms with Crippen LogP contribution in [0.2, 0.25) is 5.15 Å². The zero-order valence-electron chi connectivity index (χ0n) is 10.1. The van der Waals surface area contributed by atoms with Gasteiger partial charge in [0.25, 0.3) is 0 Å². The van der Waals surface area contributed by atoms with E-state index in [1.165, 1.54) is 22.6 Å². The highest BCUT2D eigenvalue weighted by molar-refractivity contribution is 7.89. The monoisotopic (exact) mass is 276 g/mol. The highest BCUT2D eigenvalue weighted by Gasteiger charge is 2.20. The number of sulfonamides is 1. The summed E-state index contributed by atoms with van der Waals surface area (Å²) < 4.78 is 25.6. The first-order valence-corrected chi connectivity index (χ1v) is 7.38. The molecule has 0 saturated carbocycles. The molecular weight excluding hydrogens is 260 g/mol. The maximum atomic E-state index is 12.1. The lowest BCUT2D eigenvalue weighted by molar-refractivity contribution is 0.454. The van der Waals surface area contributed by atoms with E-state index in [-0.39, 0.29) is 10.0 Å². The lowest BCUT2D eigenvalue weighted by Gasteiger charge is -2.16. The van der Waals surface area contributed by atoms with Crippen molar-refractivity contribution in [2.75, 3.05) is 13.6 Å². The summed E-state index contributed by atoms with van der Waals surface area (Å²) >= 11 is 5.69. The molecule has 0 unspecified atom stereocenters. The standard InChI is InChI=1S/C11H17ClN2O2S/c1-3-4-5-8-14(2)17(15,16)10-6-7-13-11(12)9-10/h6-7,9H,3-5,8H2,1-2H3. The SMILES string of the molecule is CCCCCN(C)S(=O)(=O)c1ccnc(Cl)c1. The molecule has 0 saturated heterocycles. The number of nitrogens with zero attached hydrogens (tertiary/aromatic N) is 2. The second kappa shape index (κ2) is 6.33. The minimum atomic E-state index is -3.43. The van der Waals surface area contributed by atoms with E-state index in [2.05, 4.69) is 11.9 Å². The van der Waals surface area contributed by atoms with Gasteiger partial charge in [0.05, 0.1) is 4.90 Å². The smallest absolute Gasteiger partial charge is 0.242 e. The highest BCUT2D eigenvalue weighted by atomic mass is 35.5. The largest absolute Gasteiger partial charge is 0.244 e. The molecule has 0 radical (unpaired) electrons. The third-order valence-corrected chi connectivity index (χ3v) is 4.54. The third-order valence-electron chi connectivity index (χ3n) is 2.48. The van der Waals surface area contributed by atoms with Crippen molar-refractivity contribution in [2.24, 2.45) is 0 Å². The minimum absolute atomic E-state index is 0.188. The van der Waals surface area contributed by atoms with Gasteiger partial charge in [0.1, 0.15) is 5.15 Å². The van der Waals surface area contributed by atoms with Crippen LogP contribution in [0.25, 0.3) is 0 Å². The van der Waals surface area contributed by atoms with Crippen LogP contribution in [0.1, 0.15) is 26.2 Å². The van der Waals surface area contributed by atoms with Crippen LogP contribution in [0.3, 0.4) is 0 Å². The van der Waals surface area contributed by atoms with Crippen molar-refractivity contribution in [2.45, 2.75) is 31.1 Å². The van der Waals surface area contributed by atoms with Gasteiger partial charge in [-0.05, 0) is 18.6 Å². The summed E-state index contributed by atoms with van der Waals surface area (Å²) in [5.41, 5.74) is 0. The molecule has 1 aromatic rings. The maximum absolute atomic E-state index is 12.1. The fraction of sp³-hybridized carbons (Fsp3) is 0.545. The molecule has 1 aromatic heterocycles. The first-order chi connectivity index (χ1) is 7.98. The van der Waals surface area contributed by atoms with E-state index in [9.17, 15) is 8.42 Å². The minimum Gasteiger partial charge on any atom is -0.244 e.